The maximum absolute atomic E-state index is 9.33. The second-order valence-electron chi connectivity index (χ2n) is 5.82. The first-order chi connectivity index (χ1) is 9.76. The molecule has 2 aromatic rings. The molecular formula is C18H19NS. The molecule has 102 valence electrons. The smallest absolute Gasteiger partial charge is 0.0667 e. The van der Waals surface area contributed by atoms with E-state index in [2.05, 4.69) is 55.5 Å². The summed E-state index contributed by atoms with van der Waals surface area (Å²) in [5, 5.41) is 12.4. The summed E-state index contributed by atoms with van der Waals surface area (Å²) >= 11 is 1.89. The fourth-order valence-corrected chi connectivity index (χ4v) is 4.50. The van der Waals surface area contributed by atoms with Crippen molar-refractivity contribution in [2.75, 3.05) is 0 Å². The molecule has 3 rings (SSSR count). The Morgan fingerprint density at radius 2 is 1.90 bits per heavy atom. The van der Waals surface area contributed by atoms with Crippen LogP contribution in [0.15, 0.2) is 47.4 Å². The molecule has 1 fully saturated rings. The standard InChI is InChI=1S/C18H19NS/c1-13-6-7-16(12-19)18(10-13)20-17-9-8-14-4-2-3-5-15(14)11-17/h2-5,8-9,11,13,16,18H,6-7,10H2,1H3. The van der Waals surface area contributed by atoms with Crippen LogP contribution in [0.5, 0.6) is 0 Å². The number of benzene rings is 2. The van der Waals surface area contributed by atoms with E-state index in [0.29, 0.717) is 5.25 Å². The van der Waals surface area contributed by atoms with Gasteiger partial charge in [-0.25, -0.2) is 0 Å². The average molecular weight is 281 g/mol. The van der Waals surface area contributed by atoms with Gasteiger partial charge in [0.05, 0.1) is 12.0 Å². The highest BCUT2D eigenvalue weighted by Gasteiger charge is 2.29. The molecule has 0 heterocycles. The van der Waals surface area contributed by atoms with Crippen LogP contribution >= 0.6 is 11.8 Å². The maximum Gasteiger partial charge on any atom is 0.0667 e. The zero-order valence-electron chi connectivity index (χ0n) is 11.8. The number of hydrogen-bond donors (Lipinski definition) is 0. The molecule has 0 saturated heterocycles. The molecule has 0 aliphatic heterocycles. The number of nitriles is 1. The van der Waals surface area contributed by atoms with Crippen molar-refractivity contribution in [1.29, 1.82) is 5.26 Å². The summed E-state index contributed by atoms with van der Waals surface area (Å²) in [6.07, 6.45) is 3.42. The summed E-state index contributed by atoms with van der Waals surface area (Å²) in [6.45, 7) is 2.31. The van der Waals surface area contributed by atoms with Gasteiger partial charge in [0.25, 0.3) is 0 Å². The van der Waals surface area contributed by atoms with E-state index in [4.69, 9.17) is 0 Å². The van der Waals surface area contributed by atoms with Crippen LogP contribution in [0.2, 0.25) is 0 Å². The summed E-state index contributed by atoms with van der Waals surface area (Å²) in [5.74, 6) is 0.959. The van der Waals surface area contributed by atoms with Gasteiger partial charge in [-0.05, 0) is 48.1 Å². The summed E-state index contributed by atoms with van der Waals surface area (Å²) in [7, 11) is 0. The normalized spacial score (nSPS) is 26.3. The first kappa shape index (κ1) is 13.5. The second-order valence-corrected chi connectivity index (χ2v) is 7.13. The van der Waals surface area contributed by atoms with Gasteiger partial charge in [0.1, 0.15) is 0 Å². The first-order valence-electron chi connectivity index (χ1n) is 7.31. The monoisotopic (exact) mass is 281 g/mol. The Balaban J connectivity index is 1.82. The van der Waals surface area contributed by atoms with Gasteiger partial charge in [-0.15, -0.1) is 11.8 Å². The Bertz CT molecular complexity index is 643. The Morgan fingerprint density at radius 1 is 1.10 bits per heavy atom. The van der Waals surface area contributed by atoms with Crippen LogP contribution in [-0.2, 0) is 0 Å². The van der Waals surface area contributed by atoms with Crippen LogP contribution in [0, 0.1) is 23.2 Å². The van der Waals surface area contributed by atoms with Crippen LogP contribution in [0.4, 0.5) is 0 Å². The van der Waals surface area contributed by atoms with Gasteiger partial charge < -0.3 is 0 Å². The molecule has 1 aliphatic carbocycles. The molecule has 3 unspecified atom stereocenters. The van der Waals surface area contributed by atoms with E-state index in [0.717, 1.165) is 18.8 Å². The highest BCUT2D eigenvalue weighted by Crippen LogP contribution is 2.40. The maximum atomic E-state index is 9.33. The van der Waals surface area contributed by atoms with E-state index in [1.165, 1.54) is 22.1 Å². The van der Waals surface area contributed by atoms with E-state index in [1.54, 1.807) is 0 Å². The molecule has 20 heavy (non-hydrogen) atoms. The summed E-state index contributed by atoms with van der Waals surface area (Å²) in [5.41, 5.74) is 0. The lowest BCUT2D eigenvalue weighted by atomic mass is 9.83. The first-order valence-corrected chi connectivity index (χ1v) is 8.19. The van der Waals surface area contributed by atoms with E-state index in [-0.39, 0.29) is 5.92 Å². The minimum absolute atomic E-state index is 0.211. The fourth-order valence-electron chi connectivity index (χ4n) is 3.02. The van der Waals surface area contributed by atoms with Crippen molar-refractivity contribution < 1.29 is 0 Å². The van der Waals surface area contributed by atoms with Gasteiger partial charge in [-0.3, -0.25) is 0 Å². The number of nitrogens with zero attached hydrogens (tertiary/aromatic N) is 1. The van der Waals surface area contributed by atoms with E-state index in [1.807, 2.05) is 11.8 Å². The molecular weight excluding hydrogens is 262 g/mol. The fraction of sp³-hybridized carbons (Fsp3) is 0.389. The molecule has 3 atom stereocenters. The zero-order valence-corrected chi connectivity index (χ0v) is 12.6. The van der Waals surface area contributed by atoms with Crippen molar-refractivity contribution in [2.24, 2.45) is 11.8 Å². The molecule has 0 amide bonds. The minimum atomic E-state index is 0.211. The van der Waals surface area contributed by atoms with Gasteiger partial charge in [0.15, 0.2) is 0 Å². The Kier molecular flexibility index (Phi) is 3.98. The molecule has 0 N–H and O–H groups in total. The van der Waals surface area contributed by atoms with Crippen LogP contribution in [0.25, 0.3) is 10.8 Å². The summed E-state index contributed by atoms with van der Waals surface area (Å²) in [6, 6.07) is 17.6. The summed E-state index contributed by atoms with van der Waals surface area (Å²) in [4.78, 5) is 1.29. The topological polar surface area (TPSA) is 23.8 Å². The van der Waals surface area contributed by atoms with Gasteiger partial charge in [0.2, 0.25) is 0 Å². The van der Waals surface area contributed by atoms with Crippen molar-refractivity contribution in [3.63, 3.8) is 0 Å². The zero-order chi connectivity index (χ0) is 13.9. The van der Waals surface area contributed by atoms with Gasteiger partial charge in [0, 0.05) is 10.1 Å². The number of thioether (sulfide) groups is 1. The van der Waals surface area contributed by atoms with E-state index in [9.17, 15) is 5.26 Å². The molecule has 0 spiro atoms. The lowest BCUT2D eigenvalue weighted by Gasteiger charge is -2.30. The third-order valence-corrected chi connectivity index (χ3v) is 5.58. The highest BCUT2D eigenvalue weighted by molar-refractivity contribution is 8.00. The van der Waals surface area contributed by atoms with Crippen molar-refractivity contribution in [1.82, 2.24) is 0 Å². The minimum Gasteiger partial charge on any atom is -0.198 e. The lowest BCUT2D eigenvalue weighted by molar-refractivity contribution is 0.346. The van der Waals surface area contributed by atoms with Gasteiger partial charge in [-0.1, -0.05) is 37.3 Å². The van der Waals surface area contributed by atoms with Crippen molar-refractivity contribution >= 4 is 22.5 Å². The predicted molar refractivity (Wildman–Crippen MR) is 85.7 cm³/mol. The van der Waals surface area contributed by atoms with Crippen molar-refractivity contribution in [2.45, 2.75) is 36.3 Å². The van der Waals surface area contributed by atoms with Crippen LogP contribution in [0.1, 0.15) is 26.2 Å². The molecule has 2 heteroatoms. The molecule has 1 aliphatic rings. The molecule has 0 bridgehead atoms. The Hall–Kier alpha value is -1.46. The van der Waals surface area contributed by atoms with Gasteiger partial charge >= 0.3 is 0 Å². The third kappa shape index (κ3) is 2.83. The molecule has 1 saturated carbocycles. The summed E-state index contributed by atoms with van der Waals surface area (Å²) < 4.78 is 0. The molecule has 1 nitrogen and oxygen atoms in total. The van der Waals surface area contributed by atoms with E-state index < -0.39 is 0 Å². The Morgan fingerprint density at radius 3 is 2.70 bits per heavy atom. The molecule has 0 radical (unpaired) electrons. The SMILES string of the molecule is CC1CCC(C#N)C(Sc2ccc3ccccc3c2)C1. The number of hydrogen-bond acceptors (Lipinski definition) is 2. The molecule has 0 aromatic heterocycles. The average Bonchev–Trinajstić information content (AvgIpc) is 2.47. The van der Waals surface area contributed by atoms with Gasteiger partial charge in [-0.2, -0.15) is 5.26 Å². The third-order valence-electron chi connectivity index (χ3n) is 4.23. The largest absolute Gasteiger partial charge is 0.198 e. The molecule has 2 aromatic carbocycles. The van der Waals surface area contributed by atoms with Crippen molar-refractivity contribution in [3.8, 4) is 6.07 Å². The van der Waals surface area contributed by atoms with Crippen LogP contribution in [0.3, 0.4) is 0 Å². The lowest BCUT2D eigenvalue weighted by Crippen LogP contribution is -2.24. The highest BCUT2D eigenvalue weighted by atomic mass is 32.2. The van der Waals surface area contributed by atoms with Crippen LogP contribution in [-0.4, -0.2) is 5.25 Å². The quantitative estimate of drug-likeness (QED) is 0.749. The predicted octanol–water partition coefficient (Wildman–Crippen LogP) is 5.26. The van der Waals surface area contributed by atoms with Crippen LogP contribution < -0.4 is 0 Å². The van der Waals surface area contributed by atoms with Crippen molar-refractivity contribution in [3.05, 3.63) is 42.5 Å². The number of fused-ring (bicyclic) bond motifs is 1. The number of rotatable bonds is 2. The second kappa shape index (κ2) is 5.89. The Labute approximate surface area is 125 Å². The van der Waals surface area contributed by atoms with E-state index >= 15 is 0 Å².